The van der Waals surface area contributed by atoms with Crippen molar-refractivity contribution in [2.75, 3.05) is 11.6 Å². The maximum absolute atomic E-state index is 12.0. The molecule has 2 aliphatic heterocycles. The number of aryl methyl sites for hydroxylation is 1. The first-order chi connectivity index (χ1) is 8.66. The summed E-state index contributed by atoms with van der Waals surface area (Å²) >= 11 is 0. The Balaban J connectivity index is 1.96. The van der Waals surface area contributed by atoms with E-state index >= 15 is 0 Å². The number of piperidine rings is 1. The van der Waals surface area contributed by atoms with Crippen LogP contribution in [-0.4, -0.2) is 24.2 Å². The number of amides is 1. The van der Waals surface area contributed by atoms with Crippen LogP contribution in [0.25, 0.3) is 0 Å². The van der Waals surface area contributed by atoms with E-state index in [2.05, 4.69) is 17.3 Å². The first-order valence-corrected chi connectivity index (χ1v) is 6.35. The van der Waals surface area contributed by atoms with Crippen molar-refractivity contribution in [1.82, 2.24) is 5.32 Å². The van der Waals surface area contributed by atoms with E-state index in [9.17, 15) is 4.79 Å². The average Bonchev–Trinajstić information content (AvgIpc) is 2.70. The molecule has 2 unspecified atom stereocenters. The van der Waals surface area contributed by atoms with Gasteiger partial charge in [-0.05, 0) is 32.4 Å². The van der Waals surface area contributed by atoms with Crippen LogP contribution in [0.5, 0.6) is 0 Å². The molecule has 0 aromatic heterocycles. The topological polar surface area (TPSA) is 44.7 Å². The van der Waals surface area contributed by atoms with Gasteiger partial charge < -0.3 is 5.32 Å². The van der Waals surface area contributed by atoms with Gasteiger partial charge in [0.15, 0.2) is 0 Å². The van der Waals surface area contributed by atoms with Gasteiger partial charge in [0.2, 0.25) is 5.91 Å². The van der Waals surface area contributed by atoms with Crippen LogP contribution in [0, 0.1) is 12.8 Å². The second-order valence-electron chi connectivity index (χ2n) is 5.05. The molecule has 94 valence electrons. The van der Waals surface area contributed by atoms with Gasteiger partial charge in [-0.25, -0.2) is 0 Å². The van der Waals surface area contributed by atoms with E-state index in [0.29, 0.717) is 0 Å². The van der Waals surface area contributed by atoms with E-state index in [4.69, 9.17) is 0 Å². The van der Waals surface area contributed by atoms with E-state index in [1.807, 2.05) is 36.2 Å². The van der Waals surface area contributed by atoms with Crippen molar-refractivity contribution in [2.45, 2.75) is 26.3 Å². The predicted molar refractivity (Wildman–Crippen MR) is 71.7 cm³/mol. The average molecular weight is 243 g/mol. The zero-order chi connectivity index (χ0) is 12.7. The molecule has 0 saturated carbocycles. The van der Waals surface area contributed by atoms with Crippen LogP contribution in [0.4, 0.5) is 5.69 Å². The Morgan fingerprint density at radius 3 is 2.72 bits per heavy atom. The summed E-state index contributed by atoms with van der Waals surface area (Å²) in [7, 11) is 0. The molecule has 2 atom stereocenters. The molecule has 0 radical (unpaired) electrons. The Kier molecular flexibility index (Phi) is 2.58. The van der Waals surface area contributed by atoms with Gasteiger partial charge >= 0.3 is 0 Å². The van der Waals surface area contributed by atoms with Crippen LogP contribution >= 0.6 is 0 Å². The Morgan fingerprint density at radius 2 is 2.00 bits per heavy atom. The summed E-state index contributed by atoms with van der Waals surface area (Å²) in [6.45, 7) is 4.83. The number of hydrazone groups is 1. The molecule has 3 rings (SSSR count). The van der Waals surface area contributed by atoms with Gasteiger partial charge in [0.25, 0.3) is 0 Å². The van der Waals surface area contributed by atoms with Crippen LogP contribution in [-0.2, 0) is 4.79 Å². The zero-order valence-corrected chi connectivity index (χ0v) is 10.7. The van der Waals surface area contributed by atoms with E-state index in [1.165, 1.54) is 5.56 Å². The van der Waals surface area contributed by atoms with Gasteiger partial charge in [-0.2, -0.15) is 5.10 Å². The Hall–Kier alpha value is -1.84. The third-order valence-electron chi connectivity index (χ3n) is 3.77. The van der Waals surface area contributed by atoms with Gasteiger partial charge in [-0.3, -0.25) is 9.80 Å². The first kappa shape index (κ1) is 11.3. The molecule has 1 saturated heterocycles. The number of rotatable bonds is 1. The lowest BCUT2D eigenvalue weighted by atomic mass is 9.89. The monoisotopic (exact) mass is 243 g/mol. The SMILES string of the molecule is CC1=NN(c2ccc(C)cc2)C2C(=O)NCCC12. The van der Waals surface area contributed by atoms with E-state index in [0.717, 1.165) is 24.4 Å². The van der Waals surface area contributed by atoms with Gasteiger partial charge in [-0.1, -0.05) is 17.7 Å². The van der Waals surface area contributed by atoms with Crippen LogP contribution in [0.2, 0.25) is 0 Å². The molecule has 4 heteroatoms. The maximum Gasteiger partial charge on any atom is 0.245 e. The number of hydrogen-bond acceptors (Lipinski definition) is 3. The molecule has 1 aromatic rings. The highest BCUT2D eigenvalue weighted by molar-refractivity contribution is 5.99. The predicted octanol–water partition coefficient (Wildman–Crippen LogP) is 1.70. The molecule has 1 N–H and O–H groups in total. The second-order valence-corrected chi connectivity index (χ2v) is 5.05. The highest BCUT2D eigenvalue weighted by Gasteiger charge is 2.42. The highest BCUT2D eigenvalue weighted by atomic mass is 16.2. The number of anilines is 1. The lowest BCUT2D eigenvalue weighted by Crippen LogP contribution is -2.51. The van der Waals surface area contributed by atoms with Crippen molar-refractivity contribution < 1.29 is 4.79 Å². The molecule has 1 aromatic carbocycles. The Bertz CT molecular complexity index is 506. The minimum Gasteiger partial charge on any atom is -0.354 e. The third kappa shape index (κ3) is 1.68. The summed E-state index contributed by atoms with van der Waals surface area (Å²) in [5.74, 6) is 0.354. The van der Waals surface area contributed by atoms with Crippen molar-refractivity contribution in [1.29, 1.82) is 0 Å². The van der Waals surface area contributed by atoms with Crippen LogP contribution < -0.4 is 10.3 Å². The third-order valence-corrected chi connectivity index (χ3v) is 3.77. The van der Waals surface area contributed by atoms with Gasteiger partial charge in [-0.15, -0.1) is 0 Å². The number of carbonyl (C=O) groups is 1. The quantitative estimate of drug-likeness (QED) is 0.816. The zero-order valence-electron chi connectivity index (χ0n) is 10.7. The summed E-state index contributed by atoms with van der Waals surface area (Å²) in [4.78, 5) is 12.0. The fourth-order valence-electron chi connectivity index (χ4n) is 2.74. The summed E-state index contributed by atoms with van der Waals surface area (Å²) in [6, 6.07) is 7.98. The van der Waals surface area contributed by atoms with E-state index < -0.39 is 0 Å². The highest BCUT2D eigenvalue weighted by Crippen LogP contribution is 2.32. The summed E-state index contributed by atoms with van der Waals surface area (Å²) in [6.07, 6.45) is 0.980. The van der Waals surface area contributed by atoms with Gasteiger partial charge in [0, 0.05) is 18.2 Å². The van der Waals surface area contributed by atoms with Gasteiger partial charge in [0.05, 0.1) is 5.69 Å². The van der Waals surface area contributed by atoms with Crippen molar-refractivity contribution in [3.63, 3.8) is 0 Å². The number of nitrogens with zero attached hydrogens (tertiary/aromatic N) is 2. The molecule has 18 heavy (non-hydrogen) atoms. The molecule has 0 spiro atoms. The molecule has 0 aliphatic carbocycles. The van der Waals surface area contributed by atoms with E-state index in [1.54, 1.807) is 0 Å². The fourth-order valence-corrected chi connectivity index (χ4v) is 2.74. The molecular weight excluding hydrogens is 226 g/mol. The number of nitrogens with one attached hydrogen (secondary N) is 1. The van der Waals surface area contributed by atoms with Crippen molar-refractivity contribution >= 4 is 17.3 Å². The van der Waals surface area contributed by atoms with E-state index in [-0.39, 0.29) is 17.9 Å². The number of fused-ring (bicyclic) bond motifs is 1. The summed E-state index contributed by atoms with van der Waals surface area (Å²) in [5, 5.41) is 9.37. The van der Waals surface area contributed by atoms with Crippen LogP contribution in [0.15, 0.2) is 29.4 Å². The minimum atomic E-state index is -0.165. The number of carbonyl (C=O) groups excluding carboxylic acids is 1. The standard InChI is InChI=1S/C14H17N3O/c1-9-3-5-11(6-4-9)17-13-12(10(2)16-17)7-8-15-14(13)18/h3-6,12-13H,7-8H2,1-2H3,(H,15,18). The van der Waals surface area contributed by atoms with Crippen LogP contribution in [0.3, 0.4) is 0 Å². The Labute approximate surface area is 107 Å². The molecule has 2 aliphatic rings. The van der Waals surface area contributed by atoms with Crippen molar-refractivity contribution in [3.8, 4) is 0 Å². The van der Waals surface area contributed by atoms with Gasteiger partial charge in [0.1, 0.15) is 6.04 Å². The maximum atomic E-state index is 12.0. The second kappa shape index (κ2) is 4.12. The number of benzene rings is 1. The molecule has 2 heterocycles. The lowest BCUT2D eigenvalue weighted by molar-refractivity contribution is -0.124. The van der Waals surface area contributed by atoms with Crippen molar-refractivity contribution in [3.05, 3.63) is 29.8 Å². The normalized spacial score (nSPS) is 26.7. The molecule has 1 amide bonds. The fraction of sp³-hybridized carbons (Fsp3) is 0.429. The Morgan fingerprint density at radius 1 is 1.28 bits per heavy atom. The number of hydrogen-bond donors (Lipinski definition) is 1. The summed E-state index contributed by atoms with van der Waals surface area (Å²) < 4.78 is 0. The molecule has 0 bridgehead atoms. The lowest BCUT2D eigenvalue weighted by Gasteiger charge is -2.30. The molecular formula is C14H17N3O. The summed E-state index contributed by atoms with van der Waals surface area (Å²) in [5.41, 5.74) is 3.27. The van der Waals surface area contributed by atoms with Crippen LogP contribution in [0.1, 0.15) is 18.9 Å². The smallest absolute Gasteiger partial charge is 0.245 e. The van der Waals surface area contributed by atoms with Crippen molar-refractivity contribution in [2.24, 2.45) is 11.0 Å². The molecule has 4 nitrogen and oxygen atoms in total. The molecule has 1 fully saturated rings. The minimum absolute atomic E-state index is 0.0902. The first-order valence-electron chi connectivity index (χ1n) is 6.35. The largest absolute Gasteiger partial charge is 0.354 e.